The number of carbonyl (C=O) groups is 1. The Morgan fingerprint density at radius 3 is 2.90 bits per heavy atom. The molecule has 0 saturated carbocycles. The summed E-state index contributed by atoms with van der Waals surface area (Å²) in [6.07, 6.45) is 2.19. The molecule has 8 heteroatoms. The lowest BCUT2D eigenvalue weighted by atomic mass is 9.98. The molecule has 1 aliphatic heterocycles. The predicted octanol–water partition coefficient (Wildman–Crippen LogP) is 2.85. The van der Waals surface area contributed by atoms with Crippen LogP contribution < -0.4 is 10.2 Å². The molecule has 1 N–H and O–H groups in total. The third kappa shape index (κ3) is 4.49. The fourth-order valence-electron chi connectivity index (χ4n) is 3.51. The highest BCUT2D eigenvalue weighted by molar-refractivity contribution is 7.13. The first kappa shape index (κ1) is 19.6. The molecule has 0 radical (unpaired) electrons. The molecule has 152 valence electrons. The molecule has 1 fully saturated rings. The second-order valence-electron chi connectivity index (χ2n) is 7.32. The van der Waals surface area contributed by atoms with Crippen molar-refractivity contribution in [2.45, 2.75) is 25.6 Å². The van der Waals surface area contributed by atoms with Gasteiger partial charge in [0, 0.05) is 32.3 Å². The van der Waals surface area contributed by atoms with Crippen molar-refractivity contribution in [1.82, 2.24) is 20.1 Å². The van der Waals surface area contributed by atoms with Gasteiger partial charge in [-0.3, -0.25) is 9.48 Å². The van der Waals surface area contributed by atoms with E-state index in [1.54, 1.807) is 17.5 Å². The molecule has 0 bridgehead atoms. The monoisotopic (exact) mass is 411 g/mol. The molecule has 0 aliphatic carbocycles. The van der Waals surface area contributed by atoms with Crippen molar-refractivity contribution in [2.75, 3.05) is 25.6 Å². The molecule has 7 nitrogen and oxygen atoms in total. The molecule has 2 atom stereocenters. The van der Waals surface area contributed by atoms with Crippen molar-refractivity contribution >= 4 is 22.4 Å². The maximum atomic E-state index is 12.9. The summed E-state index contributed by atoms with van der Waals surface area (Å²) in [6.45, 7) is 1.65. The number of hydrogen-bond donors (Lipinski definition) is 1. The minimum atomic E-state index is -0.283. The summed E-state index contributed by atoms with van der Waals surface area (Å²) in [5, 5.41) is 10.4. The molecular formula is C21H25N5O2S. The number of hydrogen-bond acceptors (Lipinski definition) is 6. The first-order valence-electron chi connectivity index (χ1n) is 9.68. The van der Waals surface area contributed by atoms with E-state index in [0.29, 0.717) is 26.1 Å². The highest BCUT2D eigenvalue weighted by atomic mass is 32.1. The van der Waals surface area contributed by atoms with E-state index in [1.165, 1.54) is 0 Å². The number of thiazole rings is 1. The van der Waals surface area contributed by atoms with Crippen LogP contribution in [0.1, 0.15) is 29.5 Å². The largest absolute Gasteiger partial charge is 0.371 e. The smallest absolute Gasteiger partial charge is 0.226 e. The van der Waals surface area contributed by atoms with Crippen molar-refractivity contribution in [3.05, 3.63) is 64.9 Å². The van der Waals surface area contributed by atoms with Crippen LogP contribution in [0.25, 0.3) is 0 Å². The highest BCUT2D eigenvalue weighted by Gasteiger charge is 2.37. The van der Waals surface area contributed by atoms with Crippen molar-refractivity contribution < 1.29 is 9.53 Å². The summed E-state index contributed by atoms with van der Waals surface area (Å²) in [5.41, 5.74) is 2.98. The van der Waals surface area contributed by atoms with Crippen molar-refractivity contribution in [2.24, 2.45) is 5.92 Å². The molecule has 29 heavy (non-hydrogen) atoms. The van der Waals surface area contributed by atoms with E-state index in [-0.39, 0.29) is 17.9 Å². The Morgan fingerprint density at radius 1 is 1.31 bits per heavy atom. The van der Waals surface area contributed by atoms with Crippen LogP contribution >= 0.6 is 11.3 Å². The van der Waals surface area contributed by atoms with Crippen LogP contribution in [0.3, 0.4) is 0 Å². The summed E-state index contributed by atoms with van der Waals surface area (Å²) >= 11 is 1.57. The van der Waals surface area contributed by atoms with Gasteiger partial charge in [0.15, 0.2) is 5.13 Å². The maximum Gasteiger partial charge on any atom is 0.226 e. The Morgan fingerprint density at radius 2 is 2.14 bits per heavy atom. The topological polar surface area (TPSA) is 72.3 Å². The Kier molecular flexibility index (Phi) is 5.92. The van der Waals surface area contributed by atoms with E-state index < -0.39 is 0 Å². The Hall–Kier alpha value is -2.71. The zero-order valence-corrected chi connectivity index (χ0v) is 17.4. The van der Waals surface area contributed by atoms with Gasteiger partial charge in [-0.2, -0.15) is 5.10 Å². The standard InChI is InChI=1S/C21H25N5O2S/c1-25(2)21-24-16(14-29-21)12-22-20(27)17-9-11-28-19(17)18-8-10-23-26(18)13-15-6-4-3-5-7-15/h3-8,10,14,17,19H,9,11-13H2,1-2H3,(H,22,27)/t17-,19-/m0/s1. The van der Waals surface area contributed by atoms with Gasteiger partial charge in [0.1, 0.15) is 6.10 Å². The van der Waals surface area contributed by atoms with Gasteiger partial charge in [0.2, 0.25) is 5.91 Å². The van der Waals surface area contributed by atoms with Gasteiger partial charge in [0.05, 0.1) is 30.4 Å². The fourth-order valence-corrected chi connectivity index (χ4v) is 4.27. The third-order valence-electron chi connectivity index (χ3n) is 5.01. The lowest BCUT2D eigenvalue weighted by molar-refractivity contribution is -0.127. The molecule has 4 rings (SSSR count). The number of benzene rings is 1. The second-order valence-corrected chi connectivity index (χ2v) is 8.16. The predicted molar refractivity (Wildman–Crippen MR) is 113 cm³/mol. The number of anilines is 1. The molecule has 3 heterocycles. The van der Waals surface area contributed by atoms with Gasteiger partial charge in [0.25, 0.3) is 0 Å². The van der Waals surface area contributed by atoms with Gasteiger partial charge < -0.3 is 15.0 Å². The molecule has 2 aromatic heterocycles. The Balaban J connectivity index is 1.42. The van der Waals surface area contributed by atoms with Gasteiger partial charge in [-0.1, -0.05) is 30.3 Å². The van der Waals surface area contributed by atoms with Crippen LogP contribution in [0.4, 0.5) is 5.13 Å². The molecule has 1 amide bonds. The van der Waals surface area contributed by atoms with Crippen molar-refractivity contribution in [3.63, 3.8) is 0 Å². The van der Waals surface area contributed by atoms with Gasteiger partial charge >= 0.3 is 0 Å². The summed E-state index contributed by atoms with van der Waals surface area (Å²) in [6, 6.07) is 12.1. The number of aromatic nitrogens is 3. The Bertz CT molecular complexity index is 953. The third-order valence-corrected chi connectivity index (χ3v) is 6.07. The molecule has 1 aliphatic rings. The fraction of sp³-hybridized carbons (Fsp3) is 0.381. The quantitative estimate of drug-likeness (QED) is 0.647. The molecule has 3 aromatic rings. The van der Waals surface area contributed by atoms with Crippen LogP contribution in [-0.2, 0) is 22.6 Å². The SMILES string of the molecule is CN(C)c1nc(CNC(=O)[C@H]2CCO[C@@H]2c2ccnn2Cc2ccccc2)cs1. The van der Waals surface area contributed by atoms with Crippen LogP contribution in [0, 0.1) is 5.92 Å². The van der Waals surface area contributed by atoms with E-state index in [0.717, 1.165) is 22.1 Å². The first-order valence-corrected chi connectivity index (χ1v) is 10.6. The van der Waals surface area contributed by atoms with Crippen LogP contribution in [-0.4, -0.2) is 41.4 Å². The van der Waals surface area contributed by atoms with Crippen LogP contribution in [0.5, 0.6) is 0 Å². The zero-order chi connectivity index (χ0) is 20.2. The summed E-state index contributed by atoms with van der Waals surface area (Å²) in [7, 11) is 3.92. The first-order chi connectivity index (χ1) is 14.1. The number of ether oxygens (including phenoxy) is 1. The minimum absolute atomic E-state index is 0.000589. The molecular weight excluding hydrogens is 386 g/mol. The van der Waals surface area contributed by atoms with Crippen molar-refractivity contribution in [1.29, 1.82) is 0 Å². The van der Waals surface area contributed by atoms with Crippen molar-refractivity contribution in [3.8, 4) is 0 Å². The van der Waals surface area contributed by atoms with E-state index in [4.69, 9.17) is 4.74 Å². The average molecular weight is 412 g/mol. The molecule has 1 saturated heterocycles. The number of nitrogens with zero attached hydrogens (tertiary/aromatic N) is 4. The number of carbonyl (C=O) groups excluding carboxylic acids is 1. The number of amides is 1. The average Bonchev–Trinajstić information content (AvgIpc) is 3.47. The maximum absolute atomic E-state index is 12.9. The number of nitrogens with one attached hydrogen (secondary N) is 1. The van der Waals surface area contributed by atoms with Gasteiger partial charge in [-0.05, 0) is 18.1 Å². The van der Waals surface area contributed by atoms with E-state index >= 15 is 0 Å². The summed E-state index contributed by atoms with van der Waals surface area (Å²) in [5.74, 6) is -0.229. The lowest BCUT2D eigenvalue weighted by Gasteiger charge is -2.19. The van der Waals surface area contributed by atoms with E-state index in [9.17, 15) is 4.79 Å². The normalized spacial score (nSPS) is 18.7. The lowest BCUT2D eigenvalue weighted by Crippen LogP contribution is -2.32. The van der Waals surface area contributed by atoms with Gasteiger partial charge in [-0.15, -0.1) is 11.3 Å². The minimum Gasteiger partial charge on any atom is -0.371 e. The van der Waals surface area contributed by atoms with Crippen LogP contribution in [0.2, 0.25) is 0 Å². The zero-order valence-electron chi connectivity index (χ0n) is 16.6. The molecule has 1 aromatic carbocycles. The second kappa shape index (κ2) is 8.75. The molecule has 0 unspecified atom stereocenters. The van der Waals surface area contributed by atoms with Gasteiger partial charge in [-0.25, -0.2) is 4.98 Å². The van der Waals surface area contributed by atoms with Crippen LogP contribution in [0.15, 0.2) is 48.0 Å². The molecule has 0 spiro atoms. The number of rotatable bonds is 7. The summed E-state index contributed by atoms with van der Waals surface area (Å²) < 4.78 is 7.88. The highest BCUT2D eigenvalue weighted by Crippen LogP contribution is 2.35. The summed E-state index contributed by atoms with van der Waals surface area (Å²) in [4.78, 5) is 19.4. The Labute approximate surface area is 174 Å². The van der Waals surface area contributed by atoms with E-state index in [1.807, 2.05) is 53.3 Å². The van der Waals surface area contributed by atoms with E-state index in [2.05, 4.69) is 27.5 Å².